The van der Waals surface area contributed by atoms with Gasteiger partial charge in [-0.25, -0.2) is 0 Å². The smallest absolute Gasteiger partial charge is 0.322 e. The highest BCUT2D eigenvalue weighted by atomic mass is 16.4. The topological polar surface area (TPSA) is 168 Å². The normalized spacial score (nSPS) is 17.4. The number of nitrogens with one attached hydrogen (secondary N) is 2. The number of hydrogen-bond acceptors (Lipinski definition) is 6. The summed E-state index contributed by atoms with van der Waals surface area (Å²) in [5.41, 5.74) is 12.6. The number of carbonyl (C=O) groups excluding carboxylic acids is 3. The summed E-state index contributed by atoms with van der Waals surface area (Å²) in [7, 11) is 0. The summed E-state index contributed by atoms with van der Waals surface area (Å²) in [6.07, 6.45) is 3.08. The molecule has 3 atom stereocenters. The van der Waals surface area contributed by atoms with Gasteiger partial charge < -0.3 is 32.1 Å². The number of carboxylic acid groups (broad SMARTS) is 1. The van der Waals surface area contributed by atoms with E-state index in [4.69, 9.17) is 16.6 Å². The molecule has 0 bridgehead atoms. The molecule has 32 heavy (non-hydrogen) atoms. The molecule has 10 nitrogen and oxygen atoms in total. The Bertz CT molecular complexity index is 788. The Balaban J connectivity index is 2.01. The standard InChI is InChI=1S/C22H33N5O5/c23-11-5-4-9-17(20(30)25-14-19(28)29)26-21(31)18-10-6-12-27(18)22(32)16(24)13-15-7-2-1-3-8-15/h1-3,7-8,16-18H,4-6,9-14,23-24H2,(H,25,30)(H,26,31)(H,28,29). The molecule has 0 aliphatic carbocycles. The van der Waals surface area contributed by atoms with Crippen LogP contribution in [0.15, 0.2) is 30.3 Å². The lowest BCUT2D eigenvalue weighted by atomic mass is 10.0. The van der Waals surface area contributed by atoms with Crippen molar-refractivity contribution in [3.8, 4) is 0 Å². The molecular weight excluding hydrogens is 414 g/mol. The lowest BCUT2D eigenvalue weighted by Gasteiger charge is -2.28. The largest absolute Gasteiger partial charge is 0.480 e. The summed E-state index contributed by atoms with van der Waals surface area (Å²) in [6, 6.07) is 7.03. The molecule has 1 heterocycles. The molecule has 1 aromatic rings. The Morgan fingerprint density at radius 1 is 1.16 bits per heavy atom. The molecular formula is C22H33N5O5. The lowest BCUT2D eigenvalue weighted by molar-refractivity contribution is -0.141. The second-order valence-corrected chi connectivity index (χ2v) is 7.94. The van der Waals surface area contributed by atoms with E-state index in [1.54, 1.807) is 0 Å². The molecule has 1 aliphatic rings. The quantitative estimate of drug-likeness (QED) is 0.266. The van der Waals surface area contributed by atoms with E-state index >= 15 is 0 Å². The SMILES string of the molecule is NCCCCC(NC(=O)C1CCCN1C(=O)C(N)Cc1ccccc1)C(=O)NCC(=O)O. The first-order chi connectivity index (χ1) is 15.3. The molecule has 3 amide bonds. The minimum absolute atomic E-state index is 0.304. The van der Waals surface area contributed by atoms with Crippen LogP contribution in [0.2, 0.25) is 0 Å². The van der Waals surface area contributed by atoms with E-state index < -0.39 is 42.5 Å². The van der Waals surface area contributed by atoms with Gasteiger partial charge in [-0.15, -0.1) is 0 Å². The minimum atomic E-state index is -1.18. The summed E-state index contributed by atoms with van der Waals surface area (Å²) in [6.45, 7) is 0.328. The van der Waals surface area contributed by atoms with Gasteiger partial charge in [-0.2, -0.15) is 0 Å². The highest BCUT2D eigenvalue weighted by Crippen LogP contribution is 2.19. The van der Waals surface area contributed by atoms with E-state index in [0.29, 0.717) is 51.6 Å². The van der Waals surface area contributed by atoms with Crippen LogP contribution < -0.4 is 22.1 Å². The molecule has 0 saturated carbocycles. The second-order valence-electron chi connectivity index (χ2n) is 7.94. The van der Waals surface area contributed by atoms with Crippen LogP contribution in [0, 0.1) is 0 Å². The summed E-state index contributed by atoms with van der Waals surface area (Å²) in [5.74, 6) is -2.49. The monoisotopic (exact) mass is 447 g/mol. The number of likely N-dealkylation sites (tertiary alicyclic amines) is 1. The van der Waals surface area contributed by atoms with E-state index in [0.717, 1.165) is 5.56 Å². The van der Waals surface area contributed by atoms with Crippen LogP contribution in [0.3, 0.4) is 0 Å². The van der Waals surface area contributed by atoms with Crippen LogP contribution in [-0.4, -0.2) is 71.5 Å². The van der Waals surface area contributed by atoms with Gasteiger partial charge in [-0.3, -0.25) is 19.2 Å². The Labute approximate surface area is 187 Å². The fraction of sp³-hybridized carbons (Fsp3) is 0.545. The maximum absolute atomic E-state index is 13.0. The fourth-order valence-electron chi connectivity index (χ4n) is 3.79. The van der Waals surface area contributed by atoms with Crippen molar-refractivity contribution in [2.45, 2.75) is 56.7 Å². The van der Waals surface area contributed by atoms with Crippen molar-refractivity contribution in [3.63, 3.8) is 0 Å². The van der Waals surface area contributed by atoms with Gasteiger partial charge in [0.2, 0.25) is 17.7 Å². The lowest BCUT2D eigenvalue weighted by Crippen LogP contribution is -2.55. The number of aliphatic carboxylic acids is 1. The summed E-state index contributed by atoms with van der Waals surface area (Å²) in [5, 5.41) is 13.8. The van der Waals surface area contributed by atoms with E-state index in [2.05, 4.69) is 10.6 Å². The van der Waals surface area contributed by atoms with Gasteiger partial charge in [0.1, 0.15) is 18.6 Å². The van der Waals surface area contributed by atoms with Crippen LogP contribution in [0.5, 0.6) is 0 Å². The van der Waals surface area contributed by atoms with Crippen molar-refractivity contribution in [2.75, 3.05) is 19.6 Å². The van der Waals surface area contributed by atoms with Gasteiger partial charge in [0.15, 0.2) is 0 Å². The number of unbranched alkanes of at least 4 members (excludes halogenated alkanes) is 1. The summed E-state index contributed by atoms with van der Waals surface area (Å²) in [4.78, 5) is 50.5. The van der Waals surface area contributed by atoms with Gasteiger partial charge in [-0.1, -0.05) is 30.3 Å². The molecule has 0 aromatic heterocycles. The van der Waals surface area contributed by atoms with Crippen molar-refractivity contribution in [2.24, 2.45) is 11.5 Å². The van der Waals surface area contributed by atoms with Gasteiger partial charge >= 0.3 is 5.97 Å². The number of amides is 3. The van der Waals surface area contributed by atoms with Crippen molar-refractivity contribution in [1.82, 2.24) is 15.5 Å². The molecule has 10 heteroatoms. The molecule has 1 fully saturated rings. The number of hydrogen-bond donors (Lipinski definition) is 5. The Morgan fingerprint density at radius 3 is 2.53 bits per heavy atom. The van der Waals surface area contributed by atoms with Crippen molar-refractivity contribution < 1.29 is 24.3 Å². The maximum atomic E-state index is 13.0. The molecule has 176 valence electrons. The average Bonchev–Trinajstić information content (AvgIpc) is 3.27. The molecule has 0 spiro atoms. The first-order valence-electron chi connectivity index (χ1n) is 10.9. The minimum Gasteiger partial charge on any atom is -0.480 e. The Hall–Kier alpha value is -2.98. The van der Waals surface area contributed by atoms with Crippen LogP contribution in [0.25, 0.3) is 0 Å². The Morgan fingerprint density at radius 2 is 1.88 bits per heavy atom. The number of rotatable bonds is 12. The van der Waals surface area contributed by atoms with Gasteiger partial charge in [0, 0.05) is 6.54 Å². The molecule has 3 unspecified atom stereocenters. The average molecular weight is 448 g/mol. The van der Waals surface area contributed by atoms with Crippen molar-refractivity contribution in [1.29, 1.82) is 0 Å². The van der Waals surface area contributed by atoms with E-state index in [1.165, 1.54) is 4.90 Å². The zero-order valence-electron chi connectivity index (χ0n) is 18.2. The summed E-state index contributed by atoms with van der Waals surface area (Å²) < 4.78 is 0. The van der Waals surface area contributed by atoms with Gasteiger partial charge in [0.05, 0.1) is 6.04 Å². The summed E-state index contributed by atoms with van der Waals surface area (Å²) >= 11 is 0. The molecule has 2 rings (SSSR count). The first-order valence-corrected chi connectivity index (χ1v) is 10.9. The van der Waals surface area contributed by atoms with E-state index in [-0.39, 0.29) is 5.91 Å². The van der Waals surface area contributed by atoms with E-state index in [9.17, 15) is 19.2 Å². The Kier molecular flexibility index (Phi) is 10.1. The highest BCUT2D eigenvalue weighted by molar-refractivity contribution is 5.94. The zero-order valence-corrected chi connectivity index (χ0v) is 18.2. The third kappa shape index (κ3) is 7.61. The van der Waals surface area contributed by atoms with Crippen molar-refractivity contribution in [3.05, 3.63) is 35.9 Å². The third-order valence-electron chi connectivity index (χ3n) is 5.45. The van der Waals surface area contributed by atoms with Crippen LogP contribution in [0.4, 0.5) is 0 Å². The first kappa shape index (κ1) is 25.3. The van der Waals surface area contributed by atoms with Crippen LogP contribution >= 0.6 is 0 Å². The third-order valence-corrected chi connectivity index (χ3v) is 5.45. The van der Waals surface area contributed by atoms with Gasteiger partial charge in [0.25, 0.3) is 0 Å². The van der Waals surface area contributed by atoms with E-state index in [1.807, 2.05) is 30.3 Å². The zero-order chi connectivity index (χ0) is 23.5. The predicted octanol–water partition coefficient (Wildman–Crippen LogP) is -0.638. The van der Waals surface area contributed by atoms with Gasteiger partial charge in [-0.05, 0) is 50.6 Å². The molecule has 1 aliphatic heterocycles. The molecule has 0 radical (unpaired) electrons. The molecule has 7 N–H and O–H groups in total. The highest BCUT2D eigenvalue weighted by Gasteiger charge is 2.37. The number of nitrogens with two attached hydrogens (primary N) is 2. The fourth-order valence-corrected chi connectivity index (χ4v) is 3.79. The number of carbonyl (C=O) groups is 4. The predicted molar refractivity (Wildman–Crippen MR) is 118 cm³/mol. The number of nitrogens with zero attached hydrogens (tertiary/aromatic N) is 1. The molecule has 1 aromatic carbocycles. The van der Waals surface area contributed by atoms with Crippen LogP contribution in [-0.2, 0) is 25.6 Å². The number of carboxylic acids is 1. The second kappa shape index (κ2) is 12.8. The maximum Gasteiger partial charge on any atom is 0.322 e. The van der Waals surface area contributed by atoms with Crippen LogP contribution in [0.1, 0.15) is 37.7 Å². The molecule has 1 saturated heterocycles. The van der Waals surface area contributed by atoms with Crippen molar-refractivity contribution >= 4 is 23.7 Å². The number of benzene rings is 1.